The summed E-state index contributed by atoms with van der Waals surface area (Å²) in [5, 5.41) is 33.5. The molecule has 6 aromatic rings. The Bertz CT molecular complexity index is 2570. The summed E-state index contributed by atoms with van der Waals surface area (Å²) in [7, 11) is 4.25. The highest BCUT2D eigenvalue weighted by Gasteiger charge is 2.25. The molecule has 0 fully saturated rings. The van der Waals surface area contributed by atoms with Crippen molar-refractivity contribution in [1.82, 2.24) is 9.13 Å². The Morgan fingerprint density at radius 3 is 1.65 bits per heavy atom. The van der Waals surface area contributed by atoms with Gasteiger partial charge in [-0.25, -0.2) is 10.3 Å². The SMILES string of the molecule is [C-]#[N+]C(C#N)=Nc1ccc(-c2cc3c(s2)c2c(n3C)=CC3C=c4c(n(C)c5cc(-c6ccc(N=C(C#N)C#N)s6)sc45)=CC3C=2)s1. The fourth-order valence-corrected chi connectivity index (χ4v) is 10.5. The Balaban J connectivity index is 1.18. The first-order valence-corrected chi connectivity index (χ1v) is 17.2. The smallest absolute Gasteiger partial charge is 0.350 e. The van der Waals surface area contributed by atoms with Crippen LogP contribution in [0.15, 0.2) is 46.4 Å². The molecule has 0 saturated heterocycles. The van der Waals surface area contributed by atoms with Crippen LogP contribution >= 0.6 is 45.3 Å². The van der Waals surface area contributed by atoms with Gasteiger partial charge in [-0.2, -0.15) is 10.5 Å². The summed E-state index contributed by atoms with van der Waals surface area (Å²) in [6.07, 6.45) is 9.63. The quantitative estimate of drug-likeness (QED) is 0.132. The number of fused-ring (bicyclic) bond motifs is 7. The third-order valence-electron chi connectivity index (χ3n) is 8.30. The molecule has 0 saturated carbocycles. The summed E-state index contributed by atoms with van der Waals surface area (Å²) < 4.78 is 7.08. The summed E-state index contributed by atoms with van der Waals surface area (Å²) in [4.78, 5) is 15.9. The first-order chi connectivity index (χ1) is 22.4. The van der Waals surface area contributed by atoms with E-state index in [0.717, 1.165) is 19.5 Å². The van der Waals surface area contributed by atoms with Crippen LogP contribution in [0.4, 0.5) is 10.0 Å². The maximum absolute atomic E-state index is 9.07. The molecule has 0 radical (unpaired) electrons. The molecular formula is C34H18N8S4. The molecule has 2 unspecified atom stereocenters. The maximum atomic E-state index is 9.07. The third-order valence-corrected chi connectivity index (χ3v) is 13.0. The second kappa shape index (κ2) is 10.6. The number of hydrogen-bond donors (Lipinski definition) is 0. The Kier molecular flexibility index (Phi) is 6.51. The molecule has 12 heteroatoms. The van der Waals surface area contributed by atoms with E-state index in [1.807, 2.05) is 42.5 Å². The molecular weight excluding hydrogens is 649 g/mol. The molecule has 6 aromatic heterocycles. The minimum absolute atomic E-state index is 0.142. The standard InChI is InChI=1S/C34H18N8S4/c1-38-30(16-37)40-32-7-5-27(44-32)29-13-25-34(46-29)21-9-18-10-22-20(8-17(18)11-23(21)42(25)3)33-24(41(22)2)12-28(45-33)26-4-6-31(43-26)39-19(14-35)15-36/h4-13,17-18H,2-3H3. The van der Waals surface area contributed by atoms with Gasteiger partial charge in [-0.05, 0) is 36.4 Å². The number of nitriles is 3. The van der Waals surface area contributed by atoms with Gasteiger partial charge in [0.1, 0.15) is 23.2 Å². The molecule has 0 aliphatic heterocycles. The fraction of sp³-hybridized carbons (Fsp3) is 0.118. The second-order valence-electron chi connectivity index (χ2n) is 10.8. The number of aromatic nitrogens is 2. The van der Waals surface area contributed by atoms with Gasteiger partial charge in [0.25, 0.3) is 0 Å². The first kappa shape index (κ1) is 28.2. The van der Waals surface area contributed by atoms with Crippen LogP contribution in [0.1, 0.15) is 0 Å². The number of nitrogens with zero attached hydrogens (tertiary/aromatic N) is 8. The molecule has 8 rings (SSSR count). The van der Waals surface area contributed by atoms with Gasteiger partial charge in [-0.1, -0.05) is 47.2 Å². The van der Waals surface area contributed by atoms with Gasteiger partial charge >= 0.3 is 5.84 Å². The van der Waals surface area contributed by atoms with E-state index < -0.39 is 0 Å². The first-order valence-electron chi connectivity index (χ1n) is 14.0. The summed E-state index contributed by atoms with van der Waals surface area (Å²) in [6, 6.07) is 17.7. The van der Waals surface area contributed by atoms with Gasteiger partial charge < -0.3 is 14.0 Å². The van der Waals surface area contributed by atoms with Gasteiger partial charge in [0, 0.05) is 66.6 Å². The van der Waals surface area contributed by atoms with Crippen molar-refractivity contribution in [3.8, 4) is 37.7 Å². The largest absolute Gasteiger partial charge is 0.351 e. The number of hydrogen-bond acceptors (Lipinski definition) is 9. The van der Waals surface area contributed by atoms with Crippen molar-refractivity contribution in [3.05, 3.63) is 69.0 Å². The Labute approximate surface area is 277 Å². The van der Waals surface area contributed by atoms with Crippen LogP contribution in [-0.2, 0) is 14.1 Å². The zero-order chi connectivity index (χ0) is 31.7. The number of aryl methyl sites for hydroxylation is 2. The zero-order valence-corrected chi connectivity index (χ0v) is 27.4. The predicted octanol–water partition coefficient (Wildman–Crippen LogP) is 5.92. The van der Waals surface area contributed by atoms with Crippen molar-refractivity contribution in [3.63, 3.8) is 0 Å². The molecule has 0 N–H and O–H groups in total. The molecule has 2 aliphatic rings. The lowest BCUT2D eigenvalue weighted by molar-refractivity contribution is 0.764. The third kappa shape index (κ3) is 4.32. The highest BCUT2D eigenvalue weighted by molar-refractivity contribution is 7.27. The molecule has 0 aromatic carbocycles. The molecule has 0 amide bonds. The van der Waals surface area contributed by atoms with Gasteiger partial charge in [-0.3, -0.25) is 0 Å². The van der Waals surface area contributed by atoms with E-state index in [9.17, 15) is 0 Å². The van der Waals surface area contributed by atoms with Crippen LogP contribution in [0.25, 0.3) is 69.1 Å². The minimum Gasteiger partial charge on any atom is -0.351 e. The van der Waals surface area contributed by atoms with Gasteiger partial charge in [0.05, 0.1) is 20.4 Å². The lowest BCUT2D eigenvalue weighted by Gasteiger charge is -2.21. The van der Waals surface area contributed by atoms with E-state index in [2.05, 4.69) is 74.5 Å². The van der Waals surface area contributed by atoms with Crippen LogP contribution in [0.5, 0.6) is 0 Å². The van der Waals surface area contributed by atoms with Crippen LogP contribution in [0.2, 0.25) is 0 Å². The molecule has 218 valence electrons. The predicted molar refractivity (Wildman–Crippen MR) is 189 cm³/mol. The summed E-state index contributed by atoms with van der Waals surface area (Å²) in [5.74, 6) is 0.327. The molecule has 0 bridgehead atoms. The Morgan fingerprint density at radius 1 is 0.696 bits per heavy atom. The lowest BCUT2D eigenvalue weighted by atomic mass is 9.84. The molecule has 2 atom stereocenters. The number of aliphatic imine (C=N–C) groups is 2. The van der Waals surface area contributed by atoms with Crippen molar-refractivity contribution in [1.29, 1.82) is 15.8 Å². The van der Waals surface area contributed by atoms with Crippen molar-refractivity contribution in [2.75, 3.05) is 0 Å². The van der Waals surface area contributed by atoms with Gasteiger partial charge in [-0.15, -0.1) is 34.0 Å². The van der Waals surface area contributed by atoms with Crippen LogP contribution in [0, 0.1) is 52.4 Å². The molecule has 8 nitrogen and oxygen atoms in total. The highest BCUT2D eigenvalue weighted by atomic mass is 32.1. The molecule has 6 heterocycles. The van der Waals surface area contributed by atoms with E-state index in [1.54, 1.807) is 22.7 Å². The average Bonchev–Trinajstić information content (AvgIpc) is 3.92. The summed E-state index contributed by atoms with van der Waals surface area (Å²) >= 11 is 6.50. The van der Waals surface area contributed by atoms with Crippen molar-refractivity contribution < 1.29 is 0 Å². The zero-order valence-electron chi connectivity index (χ0n) is 24.1. The van der Waals surface area contributed by atoms with E-state index in [1.165, 1.54) is 64.2 Å². The Hall–Kier alpha value is -5.34. The van der Waals surface area contributed by atoms with Gasteiger partial charge in [0.15, 0.2) is 0 Å². The summed E-state index contributed by atoms with van der Waals surface area (Å²) in [5.41, 5.74) is 2.23. The molecule has 0 spiro atoms. The normalized spacial score (nSPS) is 16.3. The Morgan fingerprint density at radius 2 is 1.20 bits per heavy atom. The topological polar surface area (TPSA) is 110 Å². The minimum atomic E-state index is -0.156. The lowest BCUT2D eigenvalue weighted by Crippen LogP contribution is -2.39. The van der Waals surface area contributed by atoms with Crippen molar-refractivity contribution in [2.45, 2.75) is 0 Å². The number of amidine groups is 1. The fourth-order valence-electron chi connectivity index (χ4n) is 6.16. The van der Waals surface area contributed by atoms with Crippen molar-refractivity contribution >= 4 is 112 Å². The number of rotatable bonds is 4. The van der Waals surface area contributed by atoms with Crippen molar-refractivity contribution in [2.24, 2.45) is 35.9 Å². The monoisotopic (exact) mass is 666 g/mol. The molecule has 2 aliphatic carbocycles. The number of thiophene rings is 4. The van der Waals surface area contributed by atoms with E-state index >= 15 is 0 Å². The van der Waals surface area contributed by atoms with E-state index in [0.29, 0.717) is 10.0 Å². The molecule has 46 heavy (non-hydrogen) atoms. The maximum Gasteiger partial charge on any atom is 0.350 e. The van der Waals surface area contributed by atoms with Crippen LogP contribution in [-0.4, -0.2) is 20.7 Å². The second-order valence-corrected chi connectivity index (χ2v) is 15.0. The van der Waals surface area contributed by atoms with Crippen LogP contribution < -0.4 is 21.1 Å². The van der Waals surface area contributed by atoms with E-state index in [4.69, 9.17) is 22.4 Å². The van der Waals surface area contributed by atoms with E-state index in [-0.39, 0.29) is 23.4 Å². The van der Waals surface area contributed by atoms with Crippen LogP contribution in [0.3, 0.4) is 0 Å². The summed E-state index contributed by atoms with van der Waals surface area (Å²) in [6.45, 7) is 7.10. The van der Waals surface area contributed by atoms with Gasteiger partial charge in [0.2, 0.25) is 10.7 Å². The highest BCUT2D eigenvalue weighted by Crippen LogP contribution is 2.41. The average molecular weight is 667 g/mol.